The molecule has 0 aliphatic carbocycles. The van der Waals surface area contributed by atoms with Gasteiger partial charge in [-0.3, -0.25) is 14.9 Å². The van der Waals surface area contributed by atoms with Crippen molar-refractivity contribution in [3.05, 3.63) is 29.8 Å². The summed E-state index contributed by atoms with van der Waals surface area (Å²) in [6.45, 7) is 2.76. The third-order valence-corrected chi connectivity index (χ3v) is 4.84. The minimum absolute atomic E-state index is 0.127. The van der Waals surface area contributed by atoms with Gasteiger partial charge in [-0.1, -0.05) is 36.4 Å². The summed E-state index contributed by atoms with van der Waals surface area (Å²) < 4.78 is 6.13. The number of benzene rings is 1. The smallest absolute Gasteiger partial charge is 0.257 e. The fourth-order valence-electron chi connectivity index (χ4n) is 1.66. The van der Waals surface area contributed by atoms with Crippen molar-refractivity contribution in [3.8, 4) is 5.75 Å². The van der Waals surface area contributed by atoms with Crippen molar-refractivity contribution < 1.29 is 14.3 Å². The van der Waals surface area contributed by atoms with E-state index in [0.29, 0.717) is 21.6 Å². The van der Waals surface area contributed by atoms with Gasteiger partial charge in [0.15, 0.2) is 4.34 Å². The molecule has 0 bridgehead atoms. The van der Waals surface area contributed by atoms with E-state index in [1.807, 2.05) is 0 Å². The monoisotopic (exact) mass is 366 g/mol. The van der Waals surface area contributed by atoms with Crippen molar-refractivity contribution in [2.24, 2.45) is 5.73 Å². The van der Waals surface area contributed by atoms with Crippen LogP contribution in [0.4, 0.5) is 5.13 Å². The van der Waals surface area contributed by atoms with E-state index in [0.717, 1.165) is 18.6 Å². The number of ether oxygens (including phenoxy) is 1. The molecule has 0 unspecified atom stereocenters. The fourth-order valence-corrected chi connectivity index (χ4v) is 3.14. The lowest BCUT2D eigenvalue weighted by molar-refractivity contribution is -0.115. The van der Waals surface area contributed by atoms with Gasteiger partial charge in [0.2, 0.25) is 11.0 Å². The summed E-state index contributed by atoms with van der Waals surface area (Å²) >= 11 is 2.38. The molecule has 0 fully saturated rings. The maximum absolute atomic E-state index is 12.2. The number of thioether (sulfide) groups is 1. The molecule has 0 radical (unpaired) electrons. The van der Waals surface area contributed by atoms with Gasteiger partial charge in [0, 0.05) is 5.56 Å². The van der Waals surface area contributed by atoms with Gasteiger partial charge in [-0.2, -0.15) is 0 Å². The molecular weight excluding hydrogens is 348 g/mol. The highest BCUT2D eigenvalue weighted by molar-refractivity contribution is 8.01. The van der Waals surface area contributed by atoms with Gasteiger partial charge in [-0.25, -0.2) is 0 Å². The molecule has 0 saturated carbocycles. The lowest BCUT2D eigenvalue weighted by atomic mass is 10.2. The van der Waals surface area contributed by atoms with Crippen molar-refractivity contribution in [3.63, 3.8) is 0 Å². The van der Waals surface area contributed by atoms with Crippen LogP contribution in [0.5, 0.6) is 5.75 Å². The second-order valence-corrected chi connectivity index (χ2v) is 7.01. The molecule has 2 aromatic rings. The first kappa shape index (κ1) is 18.2. The molecule has 0 spiro atoms. The maximum Gasteiger partial charge on any atom is 0.257 e. The Kier molecular flexibility index (Phi) is 7.01. The summed E-state index contributed by atoms with van der Waals surface area (Å²) in [5, 5.41) is 10.8. The van der Waals surface area contributed by atoms with Crippen LogP contribution in [0.3, 0.4) is 0 Å². The second kappa shape index (κ2) is 9.24. The van der Waals surface area contributed by atoms with Crippen molar-refractivity contribution in [1.29, 1.82) is 0 Å². The van der Waals surface area contributed by atoms with Crippen molar-refractivity contribution >= 4 is 40.0 Å². The average molecular weight is 366 g/mol. The summed E-state index contributed by atoms with van der Waals surface area (Å²) in [6, 6.07) is 6.92. The van der Waals surface area contributed by atoms with E-state index < -0.39 is 5.91 Å². The molecule has 2 rings (SSSR count). The molecule has 24 heavy (non-hydrogen) atoms. The third-order valence-electron chi connectivity index (χ3n) is 2.85. The predicted molar refractivity (Wildman–Crippen MR) is 94.6 cm³/mol. The number of carbonyl (C=O) groups is 2. The molecule has 128 valence electrons. The maximum atomic E-state index is 12.2. The number of rotatable bonds is 9. The summed E-state index contributed by atoms with van der Waals surface area (Å²) in [6.07, 6.45) is 2.07. The number of unbranched alkanes of at least 4 members (excludes halogenated alkanes) is 1. The van der Waals surface area contributed by atoms with E-state index >= 15 is 0 Å². The highest BCUT2D eigenvalue weighted by atomic mass is 32.2. The number of hydrogen-bond acceptors (Lipinski definition) is 7. The van der Waals surface area contributed by atoms with Crippen LogP contribution in [0.25, 0.3) is 0 Å². The summed E-state index contributed by atoms with van der Waals surface area (Å²) in [5.74, 6) is 0.156. The van der Waals surface area contributed by atoms with Crippen LogP contribution in [0.15, 0.2) is 28.6 Å². The Morgan fingerprint density at radius 3 is 2.71 bits per heavy atom. The number of nitrogens with two attached hydrogens (primary N) is 1. The largest absolute Gasteiger partial charge is 0.494 e. The number of nitrogens with zero attached hydrogens (tertiary/aromatic N) is 2. The molecule has 1 aromatic carbocycles. The van der Waals surface area contributed by atoms with Crippen LogP contribution < -0.4 is 15.8 Å². The second-order valence-electron chi connectivity index (χ2n) is 4.81. The van der Waals surface area contributed by atoms with Crippen LogP contribution in [0, 0.1) is 0 Å². The zero-order valence-electron chi connectivity index (χ0n) is 13.2. The van der Waals surface area contributed by atoms with Gasteiger partial charge < -0.3 is 10.5 Å². The number of nitrogens with one attached hydrogen (secondary N) is 1. The number of carbonyl (C=O) groups excluding carboxylic acids is 2. The summed E-state index contributed by atoms with van der Waals surface area (Å²) in [5.41, 5.74) is 5.57. The Balaban J connectivity index is 1.88. The van der Waals surface area contributed by atoms with Gasteiger partial charge >= 0.3 is 0 Å². The molecule has 9 heteroatoms. The molecule has 1 aromatic heterocycles. The van der Waals surface area contributed by atoms with Crippen molar-refractivity contribution in [2.75, 3.05) is 17.7 Å². The number of amides is 2. The third kappa shape index (κ3) is 5.82. The first-order valence-corrected chi connectivity index (χ1v) is 9.17. The zero-order valence-corrected chi connectivity index (χ0v) is 14.8. The van der Waals surface area contributed by atoms with Gasteiger partial charge in [0.1, 0.15) is 5.75 Å². The van der Waals surface area contributed by atoms with Crippen LogP contribution in [0.2, 0.25) is 0 Å². The van der Waals surface area contributed by atoms with Gasteiger partial charge in [-0.15, -0.1) is 10.2 Å². The van der Waals surface area contributed by atoms with E-state index in [2.05, 4.69) is 22.4 Å². The Morgan fingerprint density at radius 1 is 1.29 bits per heavy atom. The molecule has 0 saturated heterocycles. The van der Waals surface area contributed by atoms with E-state index in [1.54, 1.807) is 24.3 Å². The molecule has 0 aliphatic rings. The number of hydrogen-bond donors (Lipinski definition) is 2. The average Bonchev–Trinajstić information content (AvgIpc) is 3.01. The van der Waals surface area contributed by atoms with Crippen LogP contribution >= 0.6 is 23.1 Å². The zero-order chi connectivity index (χ0) is 17.4. The molecule has 1 heterocycles. The highest BCUT2D eigenvalue weighted by Gasteiger charge is 2.11. The lowest BCUT2D eigenvalue weighted by Crippen LogP contribution is -2.12. The number of aromatic nitrogens is 2. The Morgan fingerprint density at radius 2 is 2.04 bits per heavy atom. The van der Waals surface area contributed by atoms with Crippen LogP contribution in [0.1, 0.15) is 30.1 Å². The minimum atomic E-state index is -0.429. The lowest BCUT2D eigenvalue weighted by Gasteiger charge is -2.06. The summed E-state index contributed by atoms with van der Waals surface area (Å²) in [7, 11) is 0. The van der Waals surface area contributed by atoms with Gasteiger partial charge in [-0.05, 0) is 30.7 Å². The normalized spacial score (nSPS) is 10.4. The van der Waals surface area contributed by atoms with Gasteiger partial charge in [0.05, 0.1) is 12.4 Å². The van der Waals surface area contributed by atoms with E-state index in [-0.39, 0.29) is 11.7 Å². The molecule has 3 N–H and O–H groups in total. The molecular formula is C15H18N4O3S2. The Hall–Kier alpha value is -2.13. The SMILES string of the molecule is CCCCOc1ccc(C(=O)Nc2nnc(SCC(N)=O)s2)cc1. The quantitative estimate of drug-likeness (QED) is 0.401. The molecule has 7 nitrogen and oxygen atoms in total. The first-order chi connectivity index (χ1) is 11.6. The topological polar surface area (TPSA) is 107 Å². The van der Waals surface area contributed by atoms with Crippen molar-refractivity contribution in [2.45, 2.75) is 24.1 Å². The van der Waals surface area contributed by atoms with E-state index in [4.69, 9.17) is 10.5 Å². The highest BCUT2D eigenvalue weighted by Crippen LogP contribution is 2.25. The van der Waals surface area contributed by atoms with Crippen molar-refractivity contribution in [1.82, 2.24) is 10.2 Å². The molecule has 2 amide bonds. The van der Waals surface area contributed by atoms with E-state index in [9.17, 15) is 9.59 Å². The van der Waals surface area contributed by atoms with Crippen LogP contribution in [-0.2, 0) is 4.79 Å². The van der Waals surface area contributed by atoms with Gasteiger partial charge in [0.25, 0.3) is 5.91 Å². The minimum Gasteiger partial charge on any atom is -0.494 e. The molecule has 0 atom stereocenters. The number of primary amides is 1. The van der Waals surface area contributed by atoms with Crippen LogP contribution in [-0.4, -0.2) is 34.4 Å². The molecule has 0 aliphatic heterocycles. The standard InChI is InChI=1S/C15H18N4O3S2/c1-2-3-8-22-11-6-4-10(5-7-11)13(21)17-14-18-19-15(24-14)23-9-12(16)20/h4-7H,2-3,8-9H2,1H3,(H2,16,20)(H,17,18,21). The summed E-state index contributed by atoms with van der Waals surface area (Å²) in [4.78, 5) is 22.9. The predicted octanol–water partition coefficient (Wildman–Crippen LogP) is 2.55. The first-order valence-electron chi connectivity index (χ1n) is 7.37. The fraction of sp³-hybridized carbons (Fsp3) is 0.333. The number of anilines is 1. The Bertz CT molecular complexity index is 688. The van der Waals surface area contributed by atoms with E-state index in [1.165, 1.54) is 23.1 Å². The Labute approximate surface area is 148 Å².